The van der Waals surface area contributed by atoms with Gasteiger partial charge in [0, 0.05) is 44.0 Å². The number of carbonyl (C=O) groups is 1. The Morgan fingerprint density at radius 1 is 1.06 bits per heavy atom. The first-order chi connectivity index (χ1) is 16.1. The van der Waals surface area contributed by atoms with Crippen LogP contribution in [-0.4, -0.2) is 77.1 Å². The number of carbonyl (C=O) groups excluding carboxylic acids is 1. The summed E-state index contributed by atoms with van der Waals surface area (Å²) < 4.78 is 13.1. The van der Waals surface area contributed by atoms with Crippen molar-refractivity contribution in [3.8, 4) is 11.3 Å². The number of halogens is 1. The van der Waals surface area contributed by atoms with E-state index < -0.39 is 0 Å². The molecule has 3 aromatic rings. The summed E-state index contributed by atoms with van der Waals surface area (Å²) in [5, 5.41) is 7.39. The van der Waals surface area contributed by atoms with Crippen molar-refractivity contribution in [3.05, 3.63) is 77.7 Å². The van der Waals surface area contributed by atoms with E-state index in [1.165, 1.54) is 17.7 Å². The van der Waals surface area contributed by atoms with Crippen LogP contribution in [0.5, 0.6) is 0 Å². The standard InChI is InChI=1S/C26H32FN5O/c1-30(13-5-8-24-18-25(29-28-24)22-9-11-23(27)12-10-22)20-26(33)32-16-14-31(15-17-32)19-21-6-3-2-4-7-21/h2-4,6-7,9-12,18H,5,8,13-17,19-20H2,1H3,(H,28,29). The molecule has 4 rings (SSSR count). The summed E-state index contributed by atoms with van der Waals surface area (Å²) >= 11 is 0. The minimum Gasteiger partial charge on any atom is -0.339 e. The van der Waals surface area contributed by atoms with E-state index in [0.717, 1.165) is 69.1 Å². The number of H-pyrrole nitrogens is 1. The van der Waals surface area contributed by atoms with Gasteiger partial charge < -0.3 is 4.90 Å². The number of nitrogens with one attached hydrogen (secondary N) is 1. The highest BCUT2D eigenvalue weighted by molar-refractivity contribution is 5.78. The molecule has 174 valence electrons. The fraction of sp³-hybridized carbons (Fsp3) is 0.385. The van der Waals surface area contributed by atoms with Gasteiger partial charge in [0.15, 0.2) is 0 Å². The summed E-state index contributed by atoms with van der Waals surface area (Å²) in [6.07, 6.45) is 1.78. The normalized spacial score (nSPS) is 14.7. The maximum atomic E-state index is 13.1. The molecule has 1 aliphatic rings. The van der Waals surface area contributed by atoms with Crippen molar-refractivity contribution in [1.82, 2.24) is 24.9 Å². The van der Waals surface area contributed by atoms with Crippen LogP contribution in [0, 0.1) is 5.82 Å². The lowest BCUT2D eigenvalue weighted by molar-refractivity contribution is -0.133. The SMILES string of the molecule is CN(CCCc1cc(-c2ccc(F)cc2)n[nH]1)CC(=O)N1CCN(Cc2ccccc2)CC1. The molecular formula is C26H32FN5O. The van der Waals surface area contributed by atoms with E-state index in [2.05, 4.69) is 44.3 Å². The molecule has 1 fully saturated rings. The van der Waals surface area contributed by atoms with Crippen molar-refractivity contribution in [2.45, 2.75) is 19.4 Å². The Morgan fingerprint density at radius 2 is 1.79 bits per heavy atom. The number of amides is 1. The van der Waals surface area contributed by atoms with Gasteiger partial charge in [-0.05, 0) is 62.3 Å². The van der Waals surface area contributed by atoms with Gasteiger partial charge >= 0.3 is 0 Å². The molecule has 0 atom stereocenters. The number of likely N-dealkylation sites (N-methyl/N-ethyl adjacent to an activating group) is 1. The number of benzene rings is 2. The number of hydrogen-bond donors (Lipinski definition) is 1. The lowest BCUT2D eigenvalue weighted by Crippen LogP contribution is -2.50. The van der Waals surface area contributed by atoms with Crippen molar-refractivity contribution in [1.29, 1.82) is 0 Å². The summed E-state index contributed by atoms with van der Waals surface area (Å²) in [4.78, 5) is 19.2. The second kappa shape index (κ2) is 11.2. The summed E-state index contributed by atoms with van der Waals surface area (Å²) in [6.45, 7) is 5.65. The van der Waals surface area contributed by atoms with Gasteiger partial charge in [-0.25, -0.2) is 4.39 Å². The van der Waals surface area contributed by atoms with Crippen molar-refractivity contribution in [2.75, 3.05) is 46.3 Å². The Kier molecular flexibility index (Phi) is 7.86. The van der Waals surface area contributed by atoms with Gasteiger partial charge in [-0.1, -0.05) is 30.3 Å². The fourth-order valence-electron chi connectivity index (χ4n) is 4.20. The topological polar surface area (TPSA) is 55.5 Å². The van der Waals surface area contributed by atoms with Gasteiger partial charge in [0.1, 0.15) is 5.82 Å². The third kappa shape index (κ3) is 6.73. The van der Waals surface area contributed by atoms with Crippen molar-refractivity contribution < 1.29 is 9.18 Å². The van der Waals surface area contributed by atoms with Crippen molar-refractivity contribution >= 4 is 5.91 Å². The Balaban J connectivity index is 1.15. The first kappa shape index (κ1) is 23.1. The first-order valence-corrected chi connectivity index (χ1v) is 11.6. The molecule has 6 nitrogen and oxygen atoms in total. The molecule has 2 aromatic carbocycles. The minimum absolute atomic E-state index is 0.206. The summed E-state index contributed by atoms with van der Waals surface area (Å²) in [5.41, 5.74) is 4.08. The predicted molar refractivity (Wildman–Crippen MR) is 128 cm³/mol. The third-order valence-electron chi connectivity index (χ3n) is 6.14. The van der Waals surface area contributed by atoms with Crippen LogP contribution in [0.4, 0.5) is 4.39 Å². The maximum absolute atomic E-state index is 13.1. The number of aromatic amines is 1. The van der Waals surface area contributed by atoms with Crippen LogP contribution in [0.25, 0.3) is 11.3 Å². The van der Waals surface area contributed by atoms with E-state index in [9.17, 15) is 9.18 Å². The molecule has 2 heterocycles. The molecule has 1 amide bonds. The average Bonchev–Trinajstić information content (AvgIpc) is 3.29. The zero-order valence-electron chi connectivity index (χ0n) is 19.2. The van der Waals surface area contributed by atoms with Gasteiger partial charge in [0.25, 0.3) is 0 Å². The van der Waals surface area contributed by atoms with Crippen LogP contribution in [-0.2, 0) is 17.8 Å². The molecule has 7 heteroatoms. The van der Waals surface area contributed by atoms with E-state index >= 15 is 0 Å². The molecule has 0 bridgehead atoms. The second-order valence-corrected chi connectivity index (χ2v) is 8.77. The van der Waals surface area contributed by atoms with Crippen molar-refractivity contribution in [3.63, 3.8) is 0 Å². The largest absolute Gasteiger partial charge is 0.339 e. The molecule has 0 spiro atoms. The van der Waals surface area contributed by atoms with E-state index in [1.807, 2.05) is 24.1 Å². The van der Waals surface area contributed by atoms with Gasteiger partial charge in [-0.2, -0.15) is 5.10 Å². The molecule has 1 aromatic heterocycles. The number of aryl methyl sites for hydroxylation is 1. The summed E-state index contributed by atoms with van der Waals surface area (Å²) in [5.74, 6) is -0.0434. The quantitative estimate of drug-likeness (QED) is 0.544. The number of nitrogens with zero attached hydrogens (tertiary/aromatic N) is 4. The van der Waals surface area contributed by atoms with E-state index in [1.54, 1.807) is 12.1 Å². The first-order valence-electron chi connectivity index (χ1n) is 11.6. The van der Waals surface area contributed by atoms with Crippen LogP contribution in [0.3, 0.4) is 0 Å². The van der Waals surface area contributed by atoms with Gasteiger partial charge in [0.05, 0.1) is 12.2 Å². The van der Waals surface area contributed by atoms with Crippen LogP contribution >= 0.6 is 0 Å². The van der Waals surface area contributed by atoms with E-state index in [4.69, 9.17) is 0 Å². The Hall–Kier alpha value is -3.03. The fourth-order valence-corrected chi connectivity index (χ4v) is 4.20. The highest BCUT2D eigenvalue weighted by Gasteiger charge is 2.21. The molecule has 1 N–H and O–H groups in total. The monoisotopic (exact) mass is 449 g/mol. The Bertz CT molecular complexity index is 1010. The highest BCUT2D eigenvalue weighted by Crippen LogP contribution is 2.18. The molecule has 0 radical (unpaired) electrons. The Morgan fingerprint density at radius 3 is 2.52 bits per heavy atom. The van der Waals surface area contributed by atoms with Crippen LogP contribution in [0.15, 0.2) is 60.7 Å². The smallest absolute Gasteiger partial charge is 0.236 e. The predicted octanol–water partition coefficient (Wildman–Crippen LogP) is 3.42. The van der Waals surface area contributed by atoms with Crippen LogP contribution in [0.1, 0.15) is 17.7 Å². The molecule has 0 aliphatic carbocycles. The average molecular weight is 450 g/mol. The lowest BCUT2D eigenvalue weighted by Gasteiger charge is -2.35. The zero-order chi connectivity index (χ0) is 23.0. The van der Waals surface area contributed by atoms with E-state index in [-0.39, 0.29) is 11.7 Å². The number of rotatable bonds is 9. The molecule has 0 saturated carbocycles. The van der Waals surface area contributed by atoms with Crippen molar-refractivity contribution in [2.24, 2.45) is 0 Å². The third-order valence-corrected chi connectivity index (χ3v) is 6.14. The highest BCUT2D eigenvalue weighted by atomic mass is 19.1. The van der Waals surface area contributed by atoms with Gasteiger partial charge in [0.2, 0.25) is 5.91 Å². The van der Waals surface area contributed by atoms with Gasteiger partial charge in [-0.15, -0.1) is 0 Å². The lowest BCUT2D eigenvalue weighted by atomic mass is 10.1. The molecule has 0 unspecified atom stereocenters. The molecule has 1 saturated heterocycles. The number of aromatic nitrogens is 2. The number of piperazine rings is 1. The maximum Gasteiger partial charge on any atom is 0.236 e. The molecular weight excluding hydrogens is 417 g/mol. The summed E-state index contributed by atoms with van der Waals surface area (Å²) in [6, 6.07) is 18.8. The van der Waals surface area contributed by atoms with Crippen LogP contribution < -0.4 is 0 Å². The van der Waals surface area contributed by atoms with E-state index in [0.29, 0.717) is 6.54 Å². The second-order valence-electron chi connectivity index (χ2n) is 8.77. The zero-order valence-corrected chi connectivity index (χ0v) is 19.2. The molecule has 1 aliphatic heterocycles. The minimum atomic E-state index is -0.249. The van der Waals surface area contributed by atoms with Crippen LogP contribution in [0.2, 0.25) is 0 Å². The summed E-state index contributed by atoms with van der Waals surface area (Å²) in [7, 11) is 2.00. The van der Waals surface area contributed by atoms with Gasteiger partial charge in [-0.3, -0.25) is 19.7 Å². The number of hydrogen-bond acceptors (Lipinski definition) is 4. The Labute approximate surface area is 195 Å². The molecule has 33 heavy (non-hydrogen) atoms.